The number of ether oxygens (including phenoxy) is 1. The molecule has 1 unspecified atom stereocenters. The van der Waals surface area contributed by atoms with Crippen molar-refractivity contribution in [3.63, 3.8) is 0 Å². The first kappa shape index (κ1) is 20.8. The maximum absolute atomic E-state index is 12.9. The summed E-state index contributed by atoms with van der Waals surface area (Å²) in [7, 11) is 4.02. The highest BCUT2D eigenvalue weighted by molar-refractivity contribution is 5.96. The van der Waals surface area contributed by atoms with Crippen LogP contribution in [0.1, 0.15) is 32.6 Å². The predicted octanol–water partition coefficient (Wildman–Crippen LogP) is 5.83. The molecule has 4 heteroatoms. The molecule has 4 nitrogen and oxygen atoms in total. The van der Waals surface area contributed by atoms with Crippen LogP contribution in [0.25, 0.3) is 0 Å². The largest absolute Gasteiger partial charge is 0.441 e. The normalized spacial score (nSPS) is 16.7. The van der Waals surface area contributed by atoms with Crippen LogP contribution in [-0.2, 0) is 16.9 Å². The summed E-state index contributed by atoms with van der Waals surface area (Å²) in [6.45, 7) is 0.745. The fourth-order valence-corrected chi connectivity index (χ4v) is 4.43. The molecule has 1 aliphatic rings. The van der Waals surface area contributed by atoms with Crippen LogP contribution in [-0.4, -0.2) is 20.1 Å². The predicted molar refractivity (Wildman–Crippen MR) is 133 cm³/mol. The van der Waals surface area contributed by atoms with Crippen LogP contribution in [0, 0.1) is 0 Å². The molecule has 0 bridgehead atoms. The molecule has 0 fully saturated rings. The van der Waals surface area contributed by atoms with Crippen molar-refractivity contribution in [1.29, 1.82) is 0 Å². The summed E-state index contributed by atoms with van der Waals surface area (Å²) in [5.41, 5.74) is 5.68. The summed E-state index contributed by atoms with van der Waals surface area (Å²) in [6.07, 6.45) is 0. The monoisotopic (exact) mass is 434 g/mol. The van der Waals surface area contributed by atoms with Gasteiger partial charge < -0.3 is 15.0 Å². The Morgan fingerprint density at radius 3 is 2.03 bits per heavy atom. The van der Waals surface area contributed by atoms with Crippen LogP contribution in [0.4, 0.5) is 11.4 Å². The van der Waals surface area contributed by atoms with Gasteiger partial charge in [-0.3, -0.25) is 0 Å². The number of hydrogen-bond donors (Lipinski definition) is 1. The quantitative estimate of drug-likeness (QED) is 0.388. The van der Waals surface area contributed by atoms with E-state index >= 15 is 0 Å². The van der Waals surface area contributed by atoms with E-state index in [2.05, 4.69) is 34.5 Å². The van der Waals surface area contributed by atoms with Gasteiger partial charge in [0.05, 0.1) is 5.56 Å². The number of benzene rings is 4. The average Bonchev–Trinajstić information content (AvgIpc) is 3.17. The van der Waals surface area contributed by atoms with Gasteiger partial charge in [0, 0.05) is 48.7 Å². The Morgan fingerprint density at radius 2 is 1.36 bits per heavy atom. The Kier molecular flexibility index (Phi) is 5.35. The third-order valence-electron chi connectivity index (χ3n) is 6.19. The molecular weight excluding hydrogens is 408 g/mol. The molecule has 0 saturated heterocycles. The highest BCUT2D eigenvalue weighted by atomic mass is 16.6. The Labute approximate surface area is 194 Å². The van der Waals surface area contributed by atoms with Crippen LogP contribution >= 0.6 is 0 Å². The average molecular weight is 435 g/mol. The molecule has 1 heterocycles. The summed E-state index contributed by atoms with van der Waals surface area (Å²) in [5, 5.41) is 3.47. The number of esters is 1. The van der Waals surface area contributed by atoms with Crippen LogP contribution in [0.15, 0.2) is 103 Å². The second-order valence-corrected chi connectivity index (χ2v) is 8.47. The van der Waals surface area contributed by atoms with E-state index in [0.717, 1.165) is 34.6 Å². The lowest BCUT2D eigenvalue weighted by atomic mass is 9.80. The van der Waals surface area contributed by atoms with E-state index in [4.69, 9.17) is 4.74 Å². The van der Waals surface area contributed by atoms with Gasteiger partial charge in [0.2, 0.25) is 0 Å². The molecule has 1 N–H and O–H groups in total. The Balaban J connectivity index is 1.54. The first-order chi connectivity index (χ1) is 16.1. The van der Waals surface area contributed by atoms with Gasteiger partial charge >= 0.3 is 5.97 Å². The number of cyclic esters (lactones) is 1. The molecule has 0 spiro atoms. The van der Waals surface area contributed by atoms with Crippen LogP contribution in [0.2, 0.25) is 0 Å². The van der Waals surface area contributed by atoms with E-state index in [1.807, 2.05) is 93.0 Å². The second-order valence-electron chi connectivity index (χ2n) is 8.47. The highest BCUT2D eigenvalue weighted by Gasteiger charge is 2.48. The Morgan fingerprint density at radius 1 is 0.758 bits per heavy atom. The zero-order valence-electron chi connectivity index (χ0n) is 18.8. The fourth-order valence-electron chi connectivity index (χ4n) is 4.43. The molecule has 164 valence electrons. The Hall–Kier alpha value is -4.05. The van der Waals surface area contributed by atoms with E-state index in [0.29, 0.717) is 5.56 Å². The van der Waals surface area contributed by atoms with Gasteiger partial charge in [0.15, 0.2) is 5.60 Å². The van der Waals surface area contributed by atoms with E-state index < -0.39 is 5.60 Å². The number of hydrogen-bond acceptors (Lipinski definition) is 4. The van der Waals surface area contributed by atoms with Gasteiger partial charge in [-0.2, -0.15) is 0 Å². The number of anilines is 2. The molecule has 0 amide bonds. The third-order valence-corrected chi connectivity index (χ3v) is 6.19. The highest BCUT2D eigenvalue weighted by Crippen LogP contribution is 2.47. The molecule has 0 aliphatic carbocycles. The Bertz CT molecular complexity index is 1270. The fraction of sp³-hybridized carbons (Fsp3) is 0.138. The van der Waals surface area contributed by atoms with Gasteiger partial charge in [-0.15, -0.1) is 0 Å². The molecule has 4 aromatic rings. The van der Waals surface area contributed by atoms with Crippen LogP contribution in [0.5, 0.6) is 0 Å². The molecule has 0 radical (unpaired) electrons. The molecule has 33 heavy (non-hydrogen) atoms. The number of carbonyl (C=O) groups is 1. The molecule has 4 aromatic carbocycles. The molecule has 0 aromatic heterocycles. The van der Waals surface area contributed by atoms with Crippen molar-refractivity contribution in [3.8, 4) is 0 Å². The van der Waals surface area contributed by atoms with Crippen molar-refractivity contribution in [2.75, 3.05) is 24.3 Å². The number of carbonyl (C=O) groups excluding carboxylic acids is 1. The van der Waals surface area contributed by atoms with Crippen molar-refractivity contribution in [2.45, 2.75) is 12.1 Å². The first-order valence-corrected chi connectivity index (χ1v) is 11.1. The van der Waals surface area contributed by atoms with Gasteiger partial charge in [-0.1, -0.05) is 72.8 Å². The van der Waals surface area contributed by atoms with Crippen molar-refractivity contribution >= 4 is 17.3 Å². The summed E-state index contributed by atoms with van der Waals surface area (Å²) >= 11 is 0. The topological polar surface area (TPSA) is 41.6 Å². The SMILES string of the molecule is CN(C)c1ccc(C2(c3ccc(NCc4ccccc4)cc3)OC(=O)c3ccccc32)cc1. The summed E-state index contributed by atoms with van der Waals surface area (Å²) in [4.78, 5) is 14.9. The van der Waals surface area contributed by atoms with E-state index in [9.17, 15) is 4.79 Å². The lowest BCUT2D eigenvalue weighted by molar-refractivity contribution is 0.0251. The number of nitrogens with one attached hydrogen (secondary N) is 1. The van der Waals surface area contributed by atoms with Crippen LogP contribution < -0.4 is 10.2 Å². The summed E-state index contributed by atoms with van der Waals surface area (Å²) in [5.74, 6) is -0.298. The molecule has 1 atom stereocenters. The summed E-state index contributed by atoms with van der Waals surface area (Å²) < 4.78 is 6.19. The number of fused-ring (bicyclic) bond motifs is 1. The maximum atomic E-state index is 12.9. The van der Waals surface area contributed by atoms with Crippen LogP contribution in [0.3, 0.4) is 0 Å². The molecule has 0 saturated carbocycles. The zero-order valence-corrected chi connectivity index (χ0v) is 18.8. The van der Waals surface area contributed by atoms with Gasteiger partial charge in [0.1, 0.15) is 0 Å². The molecule has 5 rings (SSSR count). The standard InChI is InChI=1S/C29H26N2O2/c1-31(2)25-18-14-23(15-19-25)29(27-11-7-6-10-26(27)28(32)33-29)22-12-16-24(17-13-22)30-20-21-8-4-3-5-9-21/h3-19,30H,20H2,1-2H3. The smallest absolute Gasteiger partial charge is 0.340 e. The number of nitrogens with zero attached hydrogens (tertiary/aromatic N) is 1. The lowest BCUT2D eigenvalue weighted by Crippen LogP contribution is -2.29. The zero-order chi connectivity index (χ0) is 22.8. The molecule has 1 aliphatic heterocycles. The van der Waals surface area contributed by atoms with E-state index in [1.54, 1.807) is 0 Å². The minimum absolute atomic E-state index is 0.298. The minimum atomic E-state index is -0.976. The van der Waals surface area contributed by atoms with Crippen molar-refractivity contribution < 1.29 is 9.53 Å². The summed E-state index contributed by atoms with van der Waals surface area (Å²) in [6, 6.07) is 34.3. The second kappa shape index (κ2) is 8.47. The number of rotatable bonds is 6. The lowest BCUT2D eigenvalue weighted by Gasteiger charge is -2.31. The molecular formula is C29H26N2O2. The van der Waals surface area contributed by atoms with Crippen molar-refractivity contribution in [2.24, 2.45) is 0 Å². The first-order valence-electron chi connectivity index (χ1n) is 11.1. The van der Waals surface area contributed by atoms with Crippen molar-refractivity contribution in [1.82, 2.24) is 0 Å². The van der Waals surface area contributed by atoms with Gasteiger partial charge in [-0.25, -0.2) is 4.79 Å². The van der Waals surface area contributed by atoms with Gasteiger partial charge in [0.25, 0.3) is 0 Å². The minimum Gasteiger partial charge on any atom is -0.441 e. The third kappa shape index (κ3) is 3.74. The van der Waals surface area contributed by atoms with E-state index in [-0.39, 0.29) is 5.97 Å². The van der Waals surface area contributed by atoms with E-state index in [1.165, 1.54) is 5.56 Å². The maximum Gasteiger partial charge on any atom is 0.340 e. The van der Waals surface area contributed by atoms with Crippen molar-refractivity contribution in [3.05, 3.63) is 131 Å². The van der Waals surface area contributed by atoms with Gasteiger partial charge in [-0.05, 0) is 35.9 Å².